The Labute approximate surface area is 221 Å². The zero-order valence-electron chi connectivity index (χ0n) is 21.9. The van der Waals surface area contributed by atoms with E-state index in [1.807, 2.05) is 35.2 Å². The van der Waals surface area contributed by atoms with Gasteiger partial charge in [0.15, 0.2) is 0 Å². The third kappa shape index (κ3) is 6.12. The molecule has 0 spiro atoms. The highest BCUT2D eigenvalue weighted by Gasteiger charge is 2.26. The van der Waals surface area contributed by atoms with Crippen LogP contribution in [-0.2, 0) is 11.2 Å². The predicted molar refractivity (Wildman–Crippen MR) is 152 cm³/mol. The van der Waals surface area contributed by atoms with Gasteiger partial charge in [-0.2, -0.15) is 0 Å². The van der Waals surface area contributed by atoms with Crippen molar-refractivity contribution in [1.29, 1.82) is 0 Å². The van der Waals surface area contributed by atoms with Crippen molar-refractivity contribution in [2.75, 3.05) is 16.8 Å². The van der Waals surface area contributed by atoms with Gasteiger partial charge in [0, 0.05) is 30.8 Å². The van der Waals surface area contributed by atoms with E-state index in [0.717, 1.165) is 43.5 Å². The molecule has 3 aromatic rings. The number of para-hydroxylation sites is 1. The summed E-state index contributed by atoms with van der Waals surface area (Å²) in [6, 6.07) is 25.0. The molecular weight excluding hydrogens is 456 g/mol. The molecule has 0 aromatic heterocycles. The van der Waals surface area contributed by atoms with Crippen LogP contribution in [0, 0.1) is 5.92 Å². The molecule has 1 N–H and O–H groups in total. The number of anilines is 2. The molecule has 0 atom stereocenters. The van der Waals surface area contributed by atoms with Crippen LogP contribution in [0.25, 0.3) is 11.1 Å². The van der Waals surface area contributed by atoms with E-state index >= 15 is 0 Å². The van der Waals surface area contributed by atoms with E-state index in [4.69, 9.17) is 0 Å². The number of unbranched alkanes of at least 4 members (excludes halogenated alkanes) is 1. The van der Waals surface area contributed by atoms with Crippen molar-refractivity contribution in [3.05, 3.63) is 83.9 Å². The molecule has 0 unspecified atom stereocenters. The summed E-state index contributed by atoms with van der Waals surface area (Å²) in [5.74, 6) is 1.65. The van der Waals surface area contributed by atoms with Gasteiger partial charge < -0.3 is 5.32 Å². The second kappa shape index (κ2) is 11.8. The SMILES string of the molecule is CCCCC(=O)CC1CCC(c2ccc(-c3ccc4c(c3)CCN4C(=O)Nc3ccccc3)cc2)CC1. The van der Waals surface area contributed by atoms with E-state index in [-0.39, 0.29) is 6.03 Å². The zero-order valence-corrected chi connectivity index (χ0v) is 21.9. The maximum absolute atomic E-state index is 12.8. The Hall–Kier alpha value is -3.40. The molecule has 1 fully saturated rings. The fraction of sp³-hybridized carbons (Fsp3) is 0.394. The van der Waals surface area contributed by atoms with Crippen molar-refractivity contribution in [2.24, 2.45) is 5.92 Å². The summed E-state index contributed by atoms with van der Waals surface area (Å²) < 4.78 is 0. The first-order chi connectivity index (χ1) is 18.1. The van der Waals surface area contributed by atoms with Gasteiger partial charge in [0.25, 0.3) is 0 Å². The first-order valence-corrected chi connectivity index (χ1v) is 14.0. The maximum Gasteiger partial charge on any atom is 0.326 e. The number of benzene rings is 3. The number of hydrogen-bond donors (Lipinski definition) is 1. The average molecular weight is 495 g/mol. The van der Waals surface area contributed by atoms with Crippen molar-refractivity contribution in [1.82, 2.24) is 0 Å². The lowest BCUT2D eigenvalue weighted by molar-refractivity contribution is -0.120. The van der Waals surface area contributed by atoms with Gasteiger partial charge in [0.05, 0.1) is 0 Å². The summed E-state index contributed by atoms with van der Waals surface area (Å²) in [5.41, 5.74) is 6.87. The van der Waals surface area contributed by atoms with E-state index in [1.54, 1.807) is 0 Å². The normalized spacial score (nSPS) is 18.9. The summed E-state index contributed by atoms with van der Waals surface area (Å²) in [5, 5.41) is 3.00. The first-order valence-electron chi connectivity index (χ1n) is 14.0. The van der Waals surface area contributed by atoms with Gasteiger partial charge in [-0.25, -0.2) is 4.79 Å². The van der Waals surface area contributed by atoms with Crippen molar-refractivity contribution in [3.8, 4) is 11.1 Å². The van der Waals surface area contributed by atoms with Gasteiger partial charge >= 0.3 is 6.03 Å². The van der Waals surface area contributed by atoms with Crippen LogP contribution in [0.5, 0.6) is 0 Å². The summed E-state index contributed by atoms with van der Waals surface area (Å²) in [4.78, 5) is 26.8. The maximum atomic E-state index is 12.8. The number of ketones is 1. The van der Waals surface area contributed by atoms with Crippen LogP contribution in [0.15, 0.2) is 72.8 Å². The lowest BCUT2D eigenvalue weighted by atomic mass is 9.76. The number of hydrogen-bond acceptors (Lipinski definition) is 2. The smallest absolute Gasteiger partial charge is 0.308 e. The molecule has 37 heavy (non-hydrogen) atoms. The molecule has 0 saturated heterocycles. The van der Waals surface area contributed by atoms with Crippen LogP contribution in [0.3, 0.4) is 0 Å². The van der Waals surface area contributed by atoms with E-state index in [0.29, 0.717) is 24.2 Å². The Balaban J connectivity index is 1.18. The topological polar surface area (TPSA) is 49.4 Å². The van der Waals surface area contributed by atoms with E-state index in [2.05, 4.69) is 54.7 Å². The number of fused-ring (bicyclic) bond motifs is 1. The van der Waals surface area contributed by atoms with E-state index in [9.17, 15) is 9.59 Å². The van der Waals surface area contributed by atoms with E-state index in [1.165, 1.54) is 47.9 Å². The molecule has 2 aliphatic rings. The fourth-order valence-electron chi connectivity index (χ4n) is 5.95. The Kier molecular flexibility index (Phi) is 8.03. The van der Waals surface area contributed by atoms with Crippen LogP contribution < -0.4 is 10.2 Å². The van der Waals surface area contributed by atoms with Gasteiger partial charge in [0.2, 0.25) is 0 Å². The van der Waals surface area contributed by atoms with Crippen LogP contribution in [0.1, 0.15) is 75.3 Å². The van der Waals surface area contributed by atoms with Gasteiger partial charge in [-0.1, -0.05) is 61.9 Å². The number of rotatable bonds is 8. The largest absolute Gasteiger partial charge is 0.326 e. The lowest BCUT2D eigenvalue weighted by Gasteiger charge is -2.28. The van der Waals surface area contributed by atoms with Gasteiger partial charge in [0.1, 0.15) is 5.78 Å². The molecule has 4 heteroatoms. The molecular formula is C33H38N2O2. The molecule has 0 bridgehead atoms. The lowest BCUT2D eigenvalue weighted by Crippen LogP contribution is -2.33. The molecule has 5 rings (SSSR count). The third-order valence-corrected chi connectivity index (χ3v) is 8.13. The van der Waals surface area contributed by atoms with Crippen LogP contribution in [0.4, 0.5) is 16.2 Å². The molecule has 1 heterocycles. The molecule has 0 radical (unpaired) electrons. The Morgan fingerprint density at radius 2 is 1.62 bits per heavy atom. The fourth-order valence-corrected chi connectivity index (χ4v) is 5.95. The predicted octanol–water partition coefficient (Wildman–Crippen LogP) is 8.37. The number of Topliss-reactive ketones (excluding diaryl/α,β-unsaturated/α-hetero) is 1. The summed E-state index contributed by atoms with van der Waals surface area (Å²) in [6.07, 6.45) is 9.27. The molecule has 1 aliphatic carbocycles. The minimum absolute atomic E-state index is 0.0814. The van der Waals surface area contributed by atoms with Gasteiger partial charge in [-0.15, -0.1) is 0 Å². The number of nitrogens with zero attached hydrogens (tertiary/aromatic N) is 1. The highest BCUT2D eigenvalue weighted by atomic mass is 16.2. The second-order valence-corrected chi connectivity index (χ2v) is 10.7. The number of carbonyl (C=O) groups excluding carboxylic acids is 2. The molecule has 1 aliphatic heterocycles. The quantitative estimate of drug-likeness (QED) is 0.342. The Morgan fingerprint density at radius 3 is 2.35 bits per heavy atom. The molecule has 192 valence electrons. The summed E-state index contributed by atoms with van der Waals surface area (Å²) >= 11 is 0. The van der Waals surface area contributed by atoms with E-state index < -0.39 is 0 Å². The number of amides is 2. The second-order valence-electron chi connectivity index (χ2n) is 10.7. The minimum atomic E-state index is -0.0814. The zero-order chi connectivity index (χ0) is 25.6. The molecule has 4 nitrogen and oxygen atoms in total. The van der Waals surface area contributed by atoms with Gasteiger partial charge in [-0.05, 0) is 96.9 Å². The number of nitrogens with one attached hydrogen (secondary N) is 1. The van der Waals surface area contributed by atoms with Crippen LogP contribution in [0.2, 0.25) is 0 Å². The highest BCUT2D eigenvalue weighted by Crippen LogP contribution is 2.38. The minimum Gasteiger partial charge on any atom is -0.308 e. The molecule has 3 aromatic carbocycles. The van der Waals surface area contributed by atoms with Crippen LogP contribution in [-0.4, -0.2) is 18.4 Å². The Bertz CT molecular complexity index is 1210. The van der Waals surface area contributed by atoms with Crippen molar-refractivity contribution in [2.45, 2.75) is 70.6 Å². The number of urea groups is 1. The molecule has 1 saturated carbocycles. The van der Waals surface area contributed by atoms with Crippen LogP contribution >= 0.6 is 0 Å². The average Bonchev–Trinajstić information content (AvgIpc) is 3.37. The van der Waals surface area contributed by atoms with Crippen molar-refractivity contribution < 1.29 is 9.59 Å². The Morgan fingerprint density at radius 1 is 0.892 bits per heavy atom. The highest BCUT2D eigenvalue weighted by molar-refractivity contribution is 6.03. The summed E-state index contributed by atoms with van der Waals surface area (Å²) in [6.45, 7) is 2.85. The third-order valence-electron chi connectivity index (χ3n) is 8.13. The summed E-state index contributed by atoms with van der Waals surface area (Å²) in [7, 11) is 0. The molecule has 2 amide bonds. The van der Waals surface area contributed by atoms with Gasteiger partial charge in [-0.3, -0.25) is 9.69 Å². The standard InChI is InChI=1S/C33H38N2O2/c1-2-3-9-31(36)22-24-10-12-25(13-11-24)26-14-16-27(17-15-26)28-18-19-32-29(23-28)20-21-35(32)33(37)34-30-7-5-4-6-8-30/h4-8,14-19,23-25H,2-3,9-13,20-22H2,1H3,(H,34,37). The van der Waals surface area contributed by atoms with Crippen molar-refractivity contribution >= 4 is 23.2 Å². The number of carbonyl (C=O) groups is 2. The first kappa shape index (κ1) is 25.3. The van der Waals surface area contributed by atoms with Crippen molar-refractivity contribution in [3.63, 3.8) is 0 Å². The monoisotopic (exact) mass is 494 g/mol.